The van der Waals surface area contributed by atoms with E-state index in [0.29, 0.717) is 6.61 Å². The lowest BCUT2D eigenvalue weighted by Crippen LogP contribution is -2.13. The Balaban J connectivity index is 2.29. The van der Waals surface area contributed by atoms with E-state index in [0.717, 1.165) is 38.5 Å². The van der Waals surface area contributed by atoms with Gasteiger partial charge in [-0.15, -0.1) is 0 Å². The normalized spacial score (nSPS) is 11.9. The summed E-state index contributed by atoms with van der Waals surface area (Å²) < 4.78 is 34.1. The van der Waals surface area contributed by atoms with Gasteiger partial charge in [0.2, 0.25) is 0 Å². The number of carbonyl (C=O) groups excluding carboxylic acids is 2. The fourth-order valence-corrected chi connectivity index (χ4v) is 5.18. The molecule has 1 aromatic carbocycles. The number of rotatable bonds is 25. The molecule has 0 radical (unpaired) electrons. The molecular formula is C32H53O6S-. The predicted octanol–water partition coefficient (Wildman–Crippen LogP) is 9.08. The van der Waals surface area contributed by atoms with Gasteiger partial charge in [-0.3, -0.25) is 4.21 Å². The van der Waals surface area contributed by atoms with Crippen molar-refractivity contribution in [3.63, 3.8) is 0 Å². The quantitative estimate of drug-likeness (QED) is 0.0667. The zero-order valence-electron chi connectivity index (χ0n) is 24.6. The first-order valence-corrected chi connectivity index (χ1v) is 16.7. The zero-order chi connectivity index (χ0) is 28.6. The molecule has 1 aromatic rings. The van der Waals surface area contributed by atoms with Crippen LogP contribution in [0.25, 0.3) is 0 Å². The molecule has 0 aliphatic heterocycles. The second-order valence-electron chi connectivity index (χ2n) is 10.6. The molecule has 0 aromatic heterocycles. The van der Waals surface area contributed by atoms with E-state index < -0.39 is 23.0 Å². The molecule has 0 aliphatic carbocycles. The maximum Gasteiger partial charge on any atom is 0.339 e. The minimum atomic E-state index is -2.68. The lowest BCUT2D eigenvalue weighted by Gasteiger charge is -2.13. The SMILES string of the molecule is CCCCCCCCCCCCOC(=O)c1ccc(C(=O)OCCCCCCCCCCCC)c(S(=O)[O-])c1. The van der Waals surface area contributed by atoms with Crippen molar-refractivity contribution in [1.29, 1.82) is 0 Å². The Morgan fingerprint density at radius 3 is 1.41 bits per heavy atom. The highest BCUT2D eigenvalue weighted by atomic mass is 32.2. The fraction of sp³-hybridized carbons (Fsp3) is 0.750. The molecule has 0 saturated carbocycles. The summed E-state index contributed by atoms with van der Waals surface area (Å²) in [4.78, 5) is 24.7. The summed E-state index contributed by atoms with van der Waals surface area (Å²) in [5.74, 6) is -1.27. The first-order chi connectivity index (χ1) is 19.0. The monoisotopic (exact) mass is 565 g/mol. The fourth-order valence-electron chi connectivity index (χ4n) is 4.63. The Kier molecular flexibility index (Phi) is 21.8. The highest BCUT2D eigenvalue weighted by molar-refractivity contribution is 7.79. The summed E-state index contributed by atoms with van der Waals surface area (Å²) in [6.07, 6.45) is 23.7. The highest BCUT2D eigenvalue weighted by Gasteiger charge is 2.17. The lowest BCUT2D eigenvalue weighted by molar-refractivity contribution is 0.0479. The van der Waals surface area contributed by atoms with E-state index in [-0.39, 0.29) is 22.6 Å². The van der Waals surface area contributed by atoms with Gasteiger partial charge in [0, 0.05) is 4.90 Å². The van der Waals surface area contributed by atoms with E-state index in [1.807, 2.05) is 0 Å². The molecule has 0 fully saturated rings. The van der Waals surface area contributed by atoms with Crippen LogP contribution in [0.4, 0.5) is 0 Å². The minimum absolute atomic E-state index is 0.0540. The zero-order valence-corrected chi connectivity index (χ0v) is 25.5. The topological polar surface area (TPSA) is 92.7 Å². The molecule has 39 heavy (non-hydrogen) atoms. The largest absolute Gasteiger partial charge is 0.768 e. The second-order valence-corrected chi connectivity index (χ2v) is 11.5. The van der Waals surface area contributed by atoms with Crippen molar-refractivity contribution in [2.75, 3.05) is 13.2 Å². The van der Waals surface area contributed by atoms with Crippen LogP contribution < -0.4 is 0 Å². The van der Waals surface area contributed by atoms with Crippen LogP contribution in [0, 0.1) is 0 Å². The van der Waals surface area contributed by atoms with Gasteiger partial charge < -0.3 is 14.0 Å². The third kappa shape index (κ3) is 17.5. The van der Waals surface area contributed by atoms with Gasteiger partial charge >= 0.3 is 11.9 Å². The molecule has 0 spiro atoms. The van der Waals surface area contributed by atoms with Gasteiger partial charge in [0.05, 0.1) is 24.3 Å². The van der Waals surface area contributed by atoms with Crippen LogP contribution in [0.2, 0.25) is 0 Å². The van der Waals surface area contributed by atoms with Crippen LogP contribution in [-0.2, 0) is 20.6 Å². The van der Waals surface area contributed by atoms with Crippen LogP contribution in [0.1, 0.15) is 163 Å². The van der Waals surface area contributed by atoms with E-state index in [1.54, 1.807) is 0 Å². The molecule has 0 aliphatic rings. The number of ether oxygens (including phenoxy) is 2. The van der Waals surface area contributed by atoms with E-state index >= 15 is 0 Å². The average molecular weight is 566 g/mol. The van der Waals surface area contributed by atoms with Crippen molar-refractivity contribution in [1.82, 2.24) is 0 Å². The first kappa shape index (κ1) is 35.3. The van der Waals surface area contributed by atoms with E-state index in [4.69, 9.17) is 9.47 Å². The van der Waals surface area contributed by atoms with Crippen molar-refractivity contribution in [2.45, 2.75) is 147 Å². The van der Waals surface area contributed by atoms with Crippen molar-refractivity contribution in [2.24, 2.45) is 0 Å². The molecule has 0 bridgehead atoms. The predicted molar refractivity (Wildman–Crippen MR) is 158 cm³/mol. The van der Waals surface area contributed by atoms with Gasteiger partial charge in [-0.1, -0.05) is 129 Å². The van der Waals surface area contributed by atoms with E-state index in [9.17, 15) is 18.4 Å². The number of esters is 2. The van der Waals surface area contributed by atoms with Crippen molar-refractivity contribution >= 4 is 23.0 Å². The maximum atomic E-state index is 12.5. The summed E-state index contributed by atoms with van der Waals surface area (Å²) in [5.41, 5.74) is 0.0641. The Morgan fingerprint density at radius 1 is 0.615 bits per heavy atom. The third-order valence-corrected chi connectivity index (χ3v) is 7.78. The molecule has 6 nitrogen and oxygen atoms in total. The number of carbonyl (C=O) groups is 2. The Hall–Kier alpha value is -1.73. The smallest absolute Gasteiger partial charge is 0.339 e. The van der Waals surface area contributed by atoms with Gasteiger partial charge in [0.15, 0.2) is 0 Å². The van der Waals surface area contributed by atoms with Crippen LogP contribution in [0.5, 0.6) is 0 Å². The van der Waals surface area contributed by atoms with Crippen molar-refractivity contribution < 1.29 is 27.8 Å². The molecule has 1 atom stereocenters. The molecule has 0 N–H and O–H groups in total. The van der Waals surface area contributed by atoms with Gasteiger partial charge in [0.25, 0.3) is 0 Å². The third-order valence-electron chi connectivity index (χ3n) is 7.08. The van der Waals surface area contributed by atoms with E-state index in [1.165, 1.54) is 108 Å². The molecule has 224 valence electrons. The van der Waals surface area contributed by atoms with Crippen molar-refractivity contribution in [3.05, 3.63) is 29.3 Å². The van der Waals surface area contributed by atoms with Crippen LogP contribution in [-0.4, -0.2) is 33.9 Å². The Morgan fingerprint density at radius 2 is 1.00 bits per heavy atom. The van der Waals surface area contributed by atoms with E-state index in [2.05, 4.69) is 13.8 Å². The maximum absolute atomic E-state index is 12.5. The van der Waals surface area contributed by atoms with Crippen molar-refractivity contribution in [3.8, 4) is 0 Å². The summed E-state index contributed by atoms with van der Waals surface area (Å²) in [6, 6.07) is 3.96. The Bertz CT molecular complexity index is 810. The minimum Gasteiger partial charge on any atom is -0.768 e. The highest BCUT2D eigenvalue weighted by Crippen LogP contribution is 2.19. The lowest BCUT2D eigenvalue weighted by atomic mass is 10.1. The first-order valence-electron chi connectivity index (χ1n) is 15.6. The summed E-state index contributed by atoms with van der Waals surface area (Å²) in [6.45, 7) is 5.00. The van der Waals surface area contributed by atoms with Crippen LogP contribution in [0.15, 0.2) is 23.1 Å². The molecule has 1 unspecified atom stereocenters. The average Bonchev–Trinajstić information content (AvgIpc) is 2.94. The number of benzene rings is 1. The number of hydrogen-bond donors (Lipinski definition) is 0. The second kappa shape index (κ2) is 24.1. The number of unbranched alkanes of at least 4 members (excludes halogenated alkanes) is 18. The molecule has 1 rings (SSSR count). The van der Waals surface area contributed by atoms with Gasteiger partial charge in [0.1, 0.15) is 0 Å². The molecule has 0 saturated heterocycles. The molecule has 0 heterocycles. The molecular weight excluding hydrogens is 512 g/mol. The van der Waals surface area contributed by atoms with Gasteiger partial charge in [-0.05, 0) is 42.1 Å². The Labute approximate surface area is 240 Å². The van der Waals surface area contributed by atoms with Gasteiger partial charge in [-0.25, -0.2) is 9.59 Å². The molecule has 0 amide bonds. The summed E-state index contributed by atoms with van der Waals surface area (Å²) >= 11 is -2.68. The van der Waals surface area contributed by atoms with Crippen LogP contribution in [0.3, 0.4) is 0 Å². The standard InChI is InChI=1S/C32H54O6S/c1-3-5-7-9-11-13-15-17-19-21-25-37-31(33)28-23-24-29(30(27-28)39(35)36)32(34)38-26-22-20-18-16-14-12-10-8-6-4-2/h23-24,27H,3-22,25-26H2,1-2H3,(H,35,36)/p-1. The van der Waals surface area contributed by atoms with Gasteiger partial charge in [-0.2, -0.15) is 0 Å². The van der Waals surface area contributed by atoms with Crippen LogP contribution >= 0.6 is 0 Å². The number of hydrogen-bond acceptors (Lipinski definition) is 6. The molecule has 7 heteroatoms. The summed E-state index contributed by atoms with van der Waals surface area (Å²) in [7, 11) is 0. The summed E-state index contributed by atoms with van der Waals surface area (Å²) in [5, 5.41) is 0.